The fourth-order valence-electron chi connectivity index (χ4n) is 4.63. The van der Waals surface area contributed by atoms with Crippen LogP contribution in [0.15, 0.2) is 51.4 Å². The number of hydrogen-bond acceptors (Lipinski definition) is 15. The molecule has 2 amide bonds. The number of hydrogen-bond donors (Lipinski definition) is 4. The molecule has 244 valence electrons. The predicted octanol–water partition coefficient (Wildman–Crippen LogP) is 0.109. The molecule has 0 spiro atoms. The molecule has 0 bridgehead atoms. The molecule has 18 nitrogen and oxygen atoms in total. The molecule has 5 N–H and O–H groups in total. The number of rotatable bonds is 11. The fourth-order valence-corrected chi connectivity index (χ4v) is 8.06. The third-order valence-corrected chi connectivity index (χ3v) is 10.8. The van der Waals surface area contributed by atoms with E-state index in [4.69, 9.17) is 27.3 Å². The minimum absolute atomic E-state index is 0.00328. The lowest BCUT2D eigenvalue weighted by Gasteiger charge is -2.53. The number of nitrogen functional groups attached to an aromatic ring is 1. The van der Waals surface area contributed by atoms with Crippen LogP contribution >= 0.6 is 46.5 Å². The van der Waals surface area contributed by atoms with Crippen molar-refractivity contribution in [1.29, 1.82) is 0 Å². The van der Waals surface area contributed by atoms with Crippen LogP contribution in [0.3, 0.4) is 0 Å². The number of nitrogens with two attached hydrogens (primary N) is 1. The van der Waals surface area contributed by atoms with E-state index in [1.54, 1.807) is 24.3 Å². The van der Waals surface area contributed by atoms with Crippen LogP contribution in [0.4, 0.5) is 5.13 Å². The Morgan fingerprint density at radius 2 is 1.91 bits per heavy atom. The van der Waals surface area contributed by atoms with Crippen LogP contribution in [0.2, 0.25) is 5.02 Å². The first-order chi connectivity index (χ1) is 22.4. The second-order valence-electron chi connectivity index (χ2n) is 10.2. The lowest BCUT2D eigenvalue weighted by molar-refractivity contribution is -0.157. The van der Waals surface area contributed by atoms with E-state index in [2.05, 4.69) is 30.9 Å². The number of benzene rings is 1. The van der Waals surface area contributed by atoms with Gasteiger partial charge in [0.25, 0.3) is 5.91 Å². The first-order valence-corrected chi connectivity index (χ1v) is 16.5. The molecule has 2 aliphatic rings. The van der Waals surface area contributed by atoms with Gasteiger partial charge in [-0.15, -0.1) is 38.8 Å². The number of halogens is 1. The van der Waals surface area contributed by atoms with Gasteiger partial charge in [-0.2, -0.15) is 14.3 Å². The van der Waals surface area contributed by atoms with Gasteiger partial charge in [-0.1, -0.05) is 28.1 Å². The molecule has 47 heavy (non-hydrogen) atoms. The average molecular weight is 721 g/mol. The highest BCUT2D eigenvalue weighted by atomic mass is 35.5. The van der Waals surface area contributed by atoms with Crippen LogP contribution in [0.5, 0.6) is 5.75 Å². The van der Waals surface area contributed by atoms with E-state index >= 15 is 0 Å². The van der Waals surface area contributed by atoms with Crippen LogP contribution in [-0.2, 0) is 25.7 Å². The number of oxime groups is 1. The van der Waals surface area contributed by atoms with E-state index in [9.17, 15) is 29.1 Å². The Bertz CT molecular complexity index is 2000. The molecule has 6 rings (SSSR count). The smallest absolute Gasteiger partial charge is 0.367 e. The van der Waals surface area contributed by atoms with Gasteiger partial charge in [0, 0.05) is 23.1 Å². The molecule has 0 aliphatic carbocycles. The summed E-state index contributed by atoms with van der Waals surface area (Å²) in [5.74, 6) is -3.27. The first-order valence-electron chi connectivity index (χ1n) is 13.3. The Morgan fingerprint density at radius 3 is 2.60 bits per heavy atom. The van der Waals surface area contributed by atoms with Crippen molar-refractivity contribution >= 4 is 86.7 Å². The zero-order valence-corrected chi connectivity index (χ0v) is 26.8. The van der Waals surface area contributed by atoms with Gasteiger partial charge in [0.2, 0.25) is 16.8 Å². The third kappa shape index (κ3) is 6.46. The Labute approximate surface area is 279 Å². The first kappa shape index (κ1) is 32.2. The van der Waals surface area contributed by atoms with Crippen LogP contribution in [0.25, 0.3) is 5.65 Å². The number of carbonyl (C=O) groups is 4. The lowest BCUT2D eigenvalue weighted by atomic mass is 9.89. The molecule has 2 unspecified atom stereocenters. The van der Waals surface area contributed by atoms with Crippen molar-refractivity contribution in [3.05, 3.63) is 56.9 Å². The van der Waals surface area contributed by atoms with E-state index in [1.807, 2.05) is 0 Å². The number of nitrogens with zero attached hydrogens (tertiary/aromatic N) is 8. The maximum absolute atomic E-state index is 13.3. The number of fused-ring (bicyclic) bond motifs is 2. The average Bonchev–Trinajstić information content (AvgIpc) is 3.61. The Morgan fingerprint density at radius 1 is 1.15 bits per heavy atom. The number of nitrogens with one attached hydrogen (secondary N) is 1. The van der Waals surface area contributed by atoms with Crippen molar-refractivity contribution in [2.45, 2.75) is 23.0 Å². The zero-order chi connectivity index (χ0) is 33.5. The van der Waals surface area contributed by atoms with Gasteiger partial charge in [-0.05, 0) is 36.4 Å². The predicted molar refractivity (Wildman–Crippen MR) is 169 cm³/mol. The van der Waals surface area contributed by atoms with Crippen LogP contribution in [0, 0.1) is 5.41 Å². The van der Waals surface area contributed by atoms with Crippen LogP contribution in [0.1, 0.15) is 5.01 Å². The number of β-lactam (4-membered cyclic amide) rings is 1. The molecular formula is C25H21ClN10O8S3. The summed E-state index contributed by atoms with van der Waals surface area (Å²) in [5, 5.41) is 41.8. The van der Waals surface area contributed by atoms with Gasteiger partial charge in [0.1, 0.15) is 28.4 Å². The molecule has 22 heteroatoms. The van der Waals surface area contributed by atoms with Crippen molar-refractivity contribution in [3.63, 3.8) is 0 Å². The van der Waals surface area contributed by atoms with E-state index in [-0.39, 0.29) is 45.3 Å². The fraction of sp³-hybridized carbons (Fsp3) is 0.280. The zero-order valence-electron chi connectivity index (χ0n) is 23.5. The van der Waals surface area contributed by atoms with E-state index in [0.29, 0.717) is 10.0 Å². The van der Waals surface area contributed by atoms with Crippen molar-refractivity contribution in [1.82, 2.24) is 39.8 Å². The summed E-state index contributed by atoms with van der Waals surface area (Å²) in [6.07, 6.45) is 0. The summed E-state index contributed by atoms with van der Waals surface area (Å²) >= 11 is 9.05. The Balaban J connectivity index is 1.13. The molecule has 2 aliphatic heterocycles. The topological polar surface area (TPSA) is 250 Å². The second-order valence-corrected chi connectivity index (χ2v) is 13.7. The highest BCUT2D eigenvalue weighted by molar-refractivity contribution is 8.00. The van der Waals surface area contributed by atoms with Crippen molar-refractivity contribution < 1.29 is 34.2 Å². The third-order valence-electron chi connectivity index (χ3n) is 7.00. The molecular weight excluding hydrogens is 700 g/mol. The molecule has 2 fully saturated rings. The van der Waals surface area contributed by atoms with E-state index in [0.717, 1.165) is 32.3 Å². The molecule has 3 atom stereocenters. The van der Waals surface area contributed by atoms with Crippen LogP contribution < -0.4 is 21.6 Å². The summed E-state index contributed by atoms with van der Waals surface area (Å²) in [6, 6.07) is 8.25. The molecule has 0 saturated carbocycles. The van der Waals surface area contributed by atoms with Crippen LogP contribution in [-0.4, -0.2) is 104 Å². The summed E-state index contributed by atoms with van der Waals surface area (Å²) in [6.45, 7) is -0.775. The number of carboxylic acids is 2. The highest BCUT2D eigenvalue weighted by Gasteiger charge is 2.57. The summed E-state index contributed by atoms with van der Waals surface area (Å²) < 4.78 is 1.69. The lowest BCUT2D eigenvalue weighted by Crippen LogP contribution is -2.74. The van der Waals surface area contributed by atoms with Gasteiger partial charge in [0.05, 0.1) is 0 Å². The van der Waals surface area contributed by atoms with Gasteiger partial charge in [-0.25, -0.2) is 4.79 Å². The Kier molecular flexibility index (Phi) is 8.78. The number of aliphatic carboxylic acids is 2. The number of amides is 2. The van der Waals surface area contributed by atoms with Crippen molar-refractivity contribution in [3.8, 4) is 5.75 Å². The summed E-state index contributed by atoms with van der Waals surface area (Å²) in [5.41, 5.74) is 3.42. The molecule has 2 saturated heterocycles. The number of carbonyl (C=O) groups excluding carboxylic acids is 2. The number of carboxylic acid groups (broad SMARTS) is 2. The summed E-state index contributed by atoms with van der Waals surface area (Å²) in [4.78, 5) is 69.3. The van der Waals surface area contributed by atoms with Gasteiger partial charge in [0.15, 0.2) is 16.4 Å². The molecule has 0 radical (unpaired) electrons. The largest absolute Gasteiger partial charge is 0.481 e. The number of anilines is 1. The maximum atomic E-state index is 13.3. The van der Waals surface area contributed by atoms with Crippen molar-refractivity contribution in [2.24, 2.45) is 10.6 Å². The molecule has 4 aromatic rings. The van der Waals surface area contributed by atoms with E-state index < -0.39 is 52.8 Å². The maximum Gasteiger partial charge on any atom is 0.367 e. The van der Waals surface area contributed by atoms with E-state index in [1.165, 1.54) is 28.8 Å². The molecule has 1 aromatic carbocycles. The quantitative estimate of drug-likeness (QED) is 0.0695. The normalized spacial score (nSPS) is 20.8. The standard InChI is InChI=1S/C25H21ClN10O8S3/c26-11-1-3-12(4-2-11)44-33-16(19-29-30-23(27)47-19)18(39)28-17-20(40)34-8-25(22(41)42,10-46-21(17)34)9-45-14-6-5-13-31-35(7-15(37)38)24(43)36(13)32-14/h1-6,17,21H,7-10H2,(H2,27,30)(H,28,39)(H,37,38)(H,41,42)/t17?,21-,25?/m1/s1. The van der Waals surface area contributed by atoms with Crippen molar-refractivity contribution in [2.75, 3.05) is 23.8 Å². The van der Waals surface area contributed by atoms with Gasteiger partial charge >= 0.3 is 17.6 Å². The minimum Gasteiger partial charge on any atom is -0.481 e. The minimum atomic E-state index is -1.38. The number of aromatic nitrogens is 6. The van der Waals surface area contributed by atoms with Gasteiger partial charge in [-0.3, -0.25) is 19.2 Å². The SMILES string of the molecule is Nc1nnc(C(=NOc2ccc(Cl)cc2)C(=O)NC2C(=O)N3CC(CSc4ccc5nn(CC(=O)O)c(=O)n5n4)(C(=O)O)CS[C@H]23)s1. The monoisotopic (exact) mass is 720 g/mol. The summed E-state index contributed by atoms with van der Waals surface area (Å²) in [7, 11) is 0. The Hall–Kier alpha value is -4.73. The highest BCUT2D eigenvalue weighted by Crippen LogP contribution is 2.44. The second kappa shape index (κ2) is 12.8. The molecule has 5 heterocycles. The number of thioether (sulfide) groups is 2. The molecule has 3 aromatic heterocycles. The van der Waals surface area contributed by atoms with Gasteiger partial charge < -0.3 is 31.0 Å².